The second-order valence-corrected chi connectivity index (χ2v) is 5.26. The Kier molecular flexibility index (Phi) is 4.35. The van der Waals surface area contributed by atoms with Gasteiger partial charge in [-0.15, -0.1) is 0 Å². The summed E-state index contributed by atoms with van der Waals surface area (Å²) in [5.41, 5.74) is -0.00126. The Balaban J connectivity index is 2.18. The third-order valence-electron chi connectivity index (χ3n) is 2.78. The Morgan fingerprint density at radius 1 is 1.22 bits per heavy atom. The molecule has 0 spiro atoms. The second-order valence-electron chi connectivity index (χ2n) is 5.26. The molecule has 122 valence electrons. The second kappa shape index (κ2) is 6.07. The van der Waals surface area contributed by atoms with E-state index in [2.05, 4.69) is 10.6 Å². The molecule has 1 aromatic rings. The summed E-state index contributed by atoms with van der Waals surface area (Å²) < 4.78 is 23.4. The zero-order valence-corrected chi connectivity index (χ0v) is 12.7. The topological polar surface area (TPSA) is 93.7 Å². The maximum absolute atomic E-state index is 13.5. The van der Waals surface area contributed by atoms with Crippen molar-refractivity contribution in [1.29, 1.82) is 0 Å². The van der Waals surface area contributed by atoms with Crippen LogP contribution in [0.2, 0.25) is 0 Å². The molecule has 0 bridgehead atoms. The minimum Gasteiger partial charge on any atom is -0.419 e. The number of halogens is 1. The summed E-state index contributed by atoms with van der Waals surface area (Å²) in [6.07, 6.45) is 1.10. The van der Waals surface area contributed by atoms with Gasteiger partial charge in [0.15, 0.2) is 5.57 Å². The largest absolute Gasteiger partial charge is 0.419 e. The number of carbonyl (C=O) groups excluding carboxylic acids is 3. The molecule has 1 heterocycles. The highest BCUT2D eigenvalue weighted by Gasteiger charge is 2.38. The number of esters is 2. The molecule has 1 saturated heterocycles. The first-order valence-corrected chi connectivity index (χ1v) is 6.68. The van der Waals surface area contributed by atoms with Gasteiger partial charge >= 0.3 is 11.9 Å². The van der Waals surface area contributed by atoms with Gasteiger partial charge in [-0.1, -0.05) is 0 Å². The summed E-state index contributed by atoms with van der Waals surface area (Å²) in [5.74, 6) is -4.02. The predicted molar refractivity (Wildman–Crippen MR) is 78.7 cm³/mol. The van der Waals surface area contributed by atoms with Gasteiger partial charge in [0.2, 0.25) is 5.91 Å². The van der Waals surface area contributed by atoms with Crippen LogP contribution in [0.5, 0.6) is 0 Å². The van der Waals surface area contributed by atoms with Gasteiger partial charge < -0.3 is 20.1 Å². The first kappa shape index (κ1) is 16.5. The van der Waals surface area contributed by atoms with Gasteiger partial charge in [0, 0.05) is 32.7 Å². The Morgan fingerprint density at radius 2 is 1.83 bits per heavy atom. The van der Waals surface area contributed by atoms with Crippen molar-refractivity contribution in [2.45, 2.75) is 26.6 Å². The average molecular weight is 322 g/mol. The number of hydrogen-bond donors (Lipinski definition) is 2. The van der Waals surface area contributed by atoms with Crippen molar-refractivity contribution in [1.82, 2.24) is 0 Å². The summed E-state index contributed by atoms with van der Waals surface area (Å²) >= 11 is 0. The molecule has 0 aromatic heterocycles. The van der Waals surface area contributed by atoms with Crippen molar-refractivity contribution in [3.8, 4) is 0 Å². The quantitative estimate of drug-likeness (QED) is 0.502. The third-order valence-corrected chi connectivity index (χ3v) is 2.78. The van der Waals surface area contributed by atoms with Crippen LogP contribution in [0.15, 0.2) is 30.0 Å². The lowest BCUT2D eigenvalue weighted by Gasteiger charge is -2.29. The molecule has 0 atom stereocenters. The molecule has 2 rings (SSSR count). The Morgan fingerprint density at radius 3 is 2.39 bits per heavy atom. The van der Waals surface area contributed by atoms with Crippen molar-refractivity contribution in [3.05, 3.63) is 35.8 Å². The molecule has 1 aliphatic heterocycles. The zero-order valence-electron chi connectivity index (χ0n) is 12.7. The summed E-state index contributed by atoms with van der Waals surface area (Å²) in [4.78, 5) is 34.5. The van der Waals surface area contributed by atoms with Gasteiger partial charge in [-0.2, -0.15) is 0 Å². The van der Waals surface area contributed by atoms with Crippen LogP contribution in [0.25, 0.3) is 0 Å². The molecule has 0 radical (unpaired) electrons. The van der Waals surface area contributed by atoms with Crippen LogP contribution in [0, 0.1) is 5.82 Å². The van der Waals surface area contributed by atoms with Crippen LogP contribution in [-0.4, -0.2) is 23.6 Å². The molecule has 1 amide bonds. The number of nitrogens with one attached hydrogen (secondary N) is 2. The van der Waals surface area contributed by atoms with Crippen molar-refractivity contribution in [2.24, 2.45) is 0 Å². The molecule has 2 N–H and O–H groups in total. The van der Waals surface area contributed by atoms with Crippen LogP contribution in [0.4, 0.5) is 15.8 Å². The molecule has 1 fully saturated rings. The SMILES string of the molecule is CC(=O)Nc1cc(NC=C2C(=O)OC(C)(C)OC2=O)ccc1F. The van der Waals surface area contributed by atoms with Gasteiger partial charge in [-0.3, -0.25) is 4.79 Å². The summed E-state index contributed by atoms with van der Waals surface area (Å²) in [6, 6.07) is 3.82. The molecular weight excluding hydrogens is 307 g/mol. The maximum atomic E-state index is 13.5. The van der Waals surface area contributed by atoms with Crippen LogP contribution in [0.1, 0.15) is 20.8 Å². The Labute approximate surface area is 131 Å². The molecule has 1 aliphatic rings. The van der Waals surface area contributed by atoms with Crippen molar-refractivity contribution < 1.29 is 28.2 Å². The fourth-order valence-electron chi connectivity index (χ4n) is 1.83. The highest BCUT2D eigenvalue weighted by atomic mass is 19.1. The highest BCUT2D eigenvalue weighted by Crippen LogP contribution is 2.24. The number of benzene rings is 1. The fourth-order valence-corrected chi connectivity index (χ4v) is 1.83. The van der Waals surface area contributed by atoms with Gasteiger partial charge in [-0.25, -0.2) is 14.0 Å². The summed E-state index contributed by atoms with van der Waals surface area (Å²) in [6.45, 7) is 4.12. The lowest BCUT2D eigenvalue weighted by atomic mass is 10.2. The number of cyclic esters (lactones) is 2. The van der Waals surface area contributed by atoms with Crippen LogP contribution in [0.3, 0.4) is 0 Å². The lowest BCUT2D eigenvalue weighted by Crippen LogP contribution is -2.42. The van der Waals surface area contributed by atoms with E-state index in [0.29, 0.717) is 5.69 Å². The smallest absolute Gasteiger partial charge is 0.350 e. The Hall–Kier alpha value is -2.90. The van der Waals surface area contributed by atoms with E-state index >= 15 is 0 Å². The minimum absolute atomic E-state index is 0.0316. The van der Waals surface area contributed by atoms with E-state index in [9.17, 15) is 18.8 Å². The van der Waals surface area contributed by atoms with E-state index in [1.165, 1.54) is 32.9 Å². The fraction of sp³-hybridized carbons (Fsp3) is 0.267. The first-order chi connectivity index (χ1) is 10.7. The van der Waals surface area contributed by atoms with Gasteiger partial charge in [-0.05, 0) is 18.2 Å². The van der Waals surface area contributed by atoms with Crippen molar-refractivity contribution in [3.63, 3.8) is 0 Å². The number of anilines is 2. The molecule has 1 aromatic carbocycles. The third kappa shape index (κ3) is 4.06. The number of amides is 1. The molecule has 8 heteroatoms. The van der Waals surface area contributed by atoms with E-state index in [0.717, 1.165) is 12.3 Å². The van der Waals surface area contributed by atoms with Crippen molar-refractivity contribution in [2.75, 3.05) is 10.6 Å². The maximum Gasteiger partial charge on any atom is 0.350 e. The number of carbonyl (C=O) groups is 3. The summed E-state index contributed by atoms with van der Waals surface area (Å²) in [7, 11) is 0. The monoisotopic (exact) mass is 322 g/mol. The Bertz CT molecular complexity index is 690. The molecular formula is C15H15FN2O5. The van der Waals surface area contributed by atoms with Gasteiger partial charge in [0.1, 0.15) is 5.82 Å². The normalized spacial score (nSPS) is 16.3. The molecule has 0 unspecified atom stereocenters. The standard InChI is InChI=1S/C15H15FN2O5/c1-8(19)18-12-6-9(4-5-11(12)16)17-7-10-13(20)22-15(2,3)23-14(10)21/h4-7,17H,1-3H3,(H,18,19). The van der Waals surface area contributed by atoms with E-state index in [1.54, 1.807) is 0 Å². The zero-order chi connectivity index (χ0) is 17.2. The average Bonchev–Trinajstić information content (AvgIpc) is 2.39. The van der Waals surface area contributed by atoms with Crippen molar-refractivity contribution >= 4 is 29.2 Å². The van der Waals surface area contributed by atoms with E-state index in [1.807, 2.05) is 0 Å². The first-order valence-electron chi connectivity index (χ1n) is 6.68. The number of ether oxygens (including phenoxy) is 2. The van der Waals surface area contributed by atoms with Gasteiger partial charge in [0.05, 0.1) is 5.69 Å². The van der Waals surface area contributed by atoms with Crippen LogP contribution < -0.4 is 10.6 Å². The van der Waals surface area contributed by atoms with Gasteiger partial charge in [0.25, 0.3) is 5.79 Å². The van der Waals surface area contributed by atoms with E-state index in [-0.39, 0.29) is 11.3 Å². The molecule has 23 heavy (non-hydrogen) atoms. The highest BCUT2D eigenvalue weighted by molar-refractivity contribution is 6.15. The number of rotatable bonds is 3. The minimum atomic E-state index is -1.32. The lowest BCUT2D eigenvalue weighted by molar-refractivity contribution is -0.222. The van der Waals surface area contributed by atoms with Crippen LogP contribution in [-0.2, 0) is 23.9 Å². The van der Waals surface area contributed by atoms with Crippen LogP contribution >= 0.6 is 0 Å². The van der Waals surface area contributed by atoms with E-state index in [4.69, 9.17) is 9.47 Å². The predicted octanol–water partition coefficient (Wildman–Crippen LogP) is 1.92. The molecule has 0 aliphatic carbocycles. The van der Waals surface area contributed by atoms with E-state index < -0.39 is 29.5 Å². The molecule has 7 nitrogen and oxygen atoms in total. The summed E-state index contributed by atoms with van der Waals surface area (Å²) in [5, 5.41) is 4.98. The molecule has 0 saturated carbocycles. The number of hydrogen-bond acceptors (Lipinski definition) is 6.